The Kier molecular flexibility index (Phi) is 3.41. The first kappa shape index (κ1) is 14.6. The quantitative estimate of drug-likeness (QED) is 0.691. The Labute approximate surface area is 139 Å². The van der Waals surface area contributed by atoms with E-state index in [0.717, 1.165) is 11.4 Å². The Bertz CT molecular complexity index is 993. The van der Waals surface area contributed by atoms with E-state index in [9.17, 15) is 9.59 Å². The molecule has 0 saturated heterocycles. The summed E-state index contributed by atoms with van der Waals surface area (Å²) in [6, 6.07) is 14.8. The van der Waals surface area contributed by atoms with Crippen LogP contribution in [0.2, 0.25) is 0 Å². The van der Waals surface area contributed by atoms with Crippen LogP contribution in [0.5, 0.6) is 0 Å². The number of pyridine rings is 1. The van der Waals surface area contributed by atoms with Crippen molar-refractivity contribution in [2.45, 2.75) is 19.9 Å². The second kappa shape index (κ2) is 5.60. The second-order valence-corrected chi connectivity index (χ2v) is 6.05. The maximum atomic E-state index is 12.9. The fourth-order valence-corrected chi connectivity index (χ4v) is 3.23. The molecule has 0 fully saturated rings. The van der Waals surface area contributed by atoms with Crippen LogP contribution >= 0.6 is 0 Å². The van der Waals surface area contributed by atoms with Gasteiger partial charge in [0, 0.05) is 24.2 Å². The van der Waals surface area contributed by atoms with E-state index in [2.05, 4.69) is 4.98 Å². The summed E-state index contributed by atoms with van der Waals surface area (Å²) in [5.74, 6) is -0.0458. The zero-order valence-electron chi connectivity index (χ0n) is 13.4. The Morgan fingerprint density at radius 2 is 1.88 bits per heavy atom. The van der Waals surface area contributed by atoms with E-state index in [0.29, 0.717) is 36.3 Å². The number of hydrogen-bond acceptors (Lipinski definition) is 3. The lowest BCUT2D eigenvalue weighted by atomic mass is 10.1. The maximum Gasteiger partial charge on any atom is 0.263 e. The minimum Gasteiger partial charge on any atom is -0.334 e. The molecule has 0 N–H and O–H groups in total. The highest BCUT2D eigenvalue weighted by atomic mass is 16.2. The third kappa shape index (κ3) is 2.29. The number of nitrogens with zero attached hydrogens (tertiary/aromatic N) is 3. The fraction of sp³-hybridized carbons (Fsp3) is 0.211. The number of carbonyl (C=O) groups is 1. The summed E-state index contributed by atoms with van der Waals surface area (Å²) >= 11 is 0. The SMILES string of the molecule is Cc1cccc2nc3c(c(=O)n12)CN(C(=O)c1ccccc1)CC3. The molecule has 0 aliphatic carbocycles. The van der Waals surface area contributed by atoms with E-state index < -0.39 is 0 Å². The van der Waals surface area contributed by atoms with Crippen LogP contribution in [-0.4, -0.2) is 26.7 Å². The van der Waals surface area contributed by atoms with E-state index in [-0.39, 0.29) is 11.5 Å². The Morgan fingerprint density at radius 3 is 2.67 bits per heavy atom. The van der Waals surface area contributed by atoms with Crippen molar-refractivity contribution in [2.24, 2.45) is 0 Å². The summed E-state index contributed by atoms with van der Waals surface area (Å²) in [6.07, 6.45) is 0.605. The topological polar surface area (TPSA) is 54.7 Å². The minimum atomic E-state index is -0.0707. The highest BCUT2D eigenvalue weighted by Gasteiger charge is 2.25. The van der Waals surface area contributed by atoms with Crippen molar-refractivity contribution in [3.8, 4) is 0 Å². The van der Waals surface area contributed by atoms with Crippen molar-refractivity contribution < 1.29 is 4.79 Å². The minimum absolute atomic E-state index is 0.0458. The number of hydrogen-bond donors (Lipinski definition) is 0. The summed E-state index contributed by atoms with van der Waals surface area (Å²) in [6.45, 7) is 2.78. The molecule has 0 saturated carbocycles. The smallest absolute Gasteiger partial charge is 0.263 e. The molecule has 1 aliphatic heterocycles. The van der Waals surface area contributed by atoms with Crippen LogP contribution in [0, 0.1) is 6.92 Å². The molecule has 1 aromatic carbocycles. The molecule has 4 rings (SSSR count). The predicted molar refractivity (Wildman–Crippen MR) is 91.1 cm³/mol. The van der Waals surface area contributed by atoms with Crippen molar-refractivity contribution in [2.75, 3.05) is 6.54 Å². The van der Waals surface area contributed by atoms with Gasteiger partial charge in [-0.05, 0) is 31.2 Å². The lowest BCUT2D eigenvalue weighted by Crippen LogP contribution is -2.40. The van der Waals surface area contributed by atoms with Crippen LogP contribution in [0.3, 0.4) is 0 Å². The van der Waals surface area contributed by atoms with Gasteiger partial charge in [-0.15, -0.1) is 0 Å². The summed E-state index contributed by atoms with van der Waals surface area (Å²) in [4.78, 5) is 31.9. The zero-order chi connectivity index (χ0) is 16.7. The maximum absolute atomic E-state index is 12.9. The molecule has 24 heavy (non-hydrogen) atoms. The number of aromatic nitrogens is 2. The first-order valence-electron chi connectivity index (χ1n) is 7.99. The first-order valence-corrected chi connectivity index (χ1v) is 7.99. The van der Waals surface area contributed by atoms with Gasteiger partial charge in [0.2, 0.25) is 0 Å². The molecule has 1 aliphatic rings. The average molecular weight is 319 g/mol. The van der Waals surface area contributed by atoms with E-state index >= 15 is 0 Å². The monoisotopic (exact) mass is 319 g/mol. The van der Waals surface area contributed by atoms with Crippen LogP contribution in [0.4, 0.5) is 0 Å². The van der Waals surface area contributed by atoms with Crippen LogP contribution in [0.25, 0.3) is 5.65 Å². The normalized spacial score (nSPS) is 13.8. The van der Waals surface area contributed by atoms with Crippen molar-refractivity contribution in [1.82, 2.24) is 14.3 Å². The predicted octanol–water partition coefficient (Wildman–Crippen LogP) is 2.20. The van der Waals surface area contributed by atoms with Gasteiger partial charge >= 0.3 is 0 Å². The second-order valence-electron chi connectivity index (χ2n) is 6.05. The largest absolute Gasteiger partial charge is 0.334 e. The lowest BCUT2D eigenvalue weighted by molar-refractivity contribution is 0.0732. The zero-order valence-corrected chi connectivity index (χ0v) is 13.4. The number of carbonyl (C=O) groups excluding carboxylic acids is 1. The highest BCUT2D eigenvalue weighted by molar-refractivity contribution is 5.94. The number of rotatable bonds is 1. The number of fused-ring (bicyclic) bond motifs is 2. The third-order valence-electron chi connectivity index (χ3n) is 4.50. The van der Waals surface area contributed by atoms with Crippen LogP contribution in [-0.2, 0) is 13.0 Å². The van der Waals surface area contributed by atoms with Gasteiger partial charge in [-0.2, -0.15) is 0 Å². The van der Waals surface area contributed by atoms with E-state index in [1.165, 1.54) is 0 Å². The van der Waals surface area contributed by atoms with E-state index in [4.69, 9.17) is 0 Å². The van der Waals surface area contributed by atoms with Crippen LogP contribution in [0.1, 0.15) is 27.3 Å². The summed E-state index contributed by atoms with van der Waals surface area (Å²) < 4.78 is 1.62. The Morgan fingerprint density at radius 1 is 1.08 bits per heavy atom. The molecule has 120 valence electrons. The molecule has 0 bridgehead atoms. The lowest BCUT2D eigenvalue weighted by Gasteiger charge is -2.28. The van der Waals surface area contributed by atoms with Crippen molar-refractivity contribution in [3.05, 3.63) is 81.4 Å². The van der Waals surface area contributed by atoms with Gasteiger partial charge in [-0.1, -0.05) is 24.3 Å². The molecule has 3 heterocycles. The molecule has 2 aromatic heterocycles. The van der Waals surface area contributed by atoms with Gasteiger partial charge in [0.25, 0.3) is 11.5 Å². The molecular formula is C19H17N3O2. The van der Waals surface area contributed by atoms with E-state index in [1.54, 1.807) is 21.4 Å². The summed E-state index contributed by atoms with van der Waals surface area (Å²) in [5, 5.41) is 0. The molecule has 3 aromatic rings. The molecule has 5 nitrogen and oxygen atoms in total. The number of amides is 1. The summed E-state index contributed by atoms with van der Waals surface area (Å²) in [5.41, 5.74) is 3.52. The number of benzene rings is 1. The van der Waals surface area contributed by atoms with Crippen molar-refractivity contribution >= 4 is 11.6 Å². The summed E-state index contributed by atoms with van der Waals surface area (Å²) in [7, 11) is 0. The molecule has 0 unspecified atom stereocenters. The van der Waals surface area contributed by atoms with Gasteiger partial charge in [0.1, 0.15) is 5.65 Å². The Hall–Kier alpha value is -2.95. The number of aryl methyl sites for hydroxylation is 1. The standard InChI is InChI=1S/C19H17N3O2/c1-13-6-5-9-17-20-16-10-11-21(12-15(16)19(24)22(13)17)18(23)14-7-3-2-4-8-14/h2-9H,10-12H2,1H3. The van der Waals surface area contributed by atoms with Gasteiger partial charge in [-0.25, -0.2) is 4.98 Å². The van der Waals surface area contributed by atoms with Gasteiger partial charge in [0.15, 0.2) is 0 Å². The molecule has 1 amide bonds. The van der Waals surface area contributed by atoms with Crippen LogP contribution in [0.15, 0.2) is 53.3 Å². The molecule has 0 radical (unpaired) electrons. The molecule has 0 spiro atoms. The Balaban J connectivity index is 1.76. The molecule has 0 atom stereocenters. The van der Waals surface area contributed by atoms with Crippen molar-refractivity contribution in [1.29, 1.82) is 0 Å². The average Bonchev–Trinajstić information content (AvgIpc) is 2.62. The van der Waals surface area contributed by atoms with E-state index in [1.807, 2.05) is 43.3 Å². The highest BCUT2D eigenvalue weighted by Crippen LogP contribution is 2.18. The fourth-order valence-electron chi connectivity index (χ4n) is 3.23. The third-order valence-corrected chi connectivity index (χ3v) is 4.50. The molecular weight excluding hydrogens is 302 g/mol. The van der Waals surface area contributed by atoms with Gasteiger partial charge < -0.3 is 4.90 Å². The molecule has 5 heteroatoms. The first-order chi connectivity index (χ1) is 11.6. The van der Waals surface area contributed by atoms with Gasteiger partial charge in [0.05, 0.1) is 17.8 Å². The van der Waals surface area contributed by atoms with Crippen LogP contribution < -0.4 is 5.56 Å². The van der Waals surface area contributed by atoms with Gasteiger partial charge in [-0.3, -0.25) is 14.0 Å². The van der Waals surface area contributed by atoms with Crippen molar-refractivity contribution in [3.63, 3.8) is 0 Å².